The lowest BCUT2D eigenvalue weighted by molar-refractivity contribution is -0.301. The first-order chi connectivity index (χ1) is 34.6. The fraction of sp³-hybridized carbons (Fsp3) is 0.864. The van der Waals surface area contributed by atoms with Crippen molar-refractivity contribution in [1.82, 2.24) is 0 Å². The molecule has 6 unspecified atom stereocenters. The Bertz CT molecular complexity index is 1340. The smallest absolute Gasteiger partial charge is 0.335 e. The van der Waals surface area contributed by atoms with Crippen LogP contribution < -0.4 is 0 Å². The van der Waals surface area contributed by atoms with Gasteiger partial charge in [-0.3, -0.25) is 14.4 Å². The first kappa shape index (κ1) is 66.2. The molecule has 1 aliphatic heterocycles. The molecule has 1 saturated heterocycles. The van der Waals surface area contributed by atoms with Gasteiger partial charge in [-0.2, -0.15) is 0 Å². The summed E-state index contributed by atoms with van der Waals surface area (Å²) in [5.41, 5.74) is 0. The second-order valence-corrected chi connectivity index (χ2v) is 20.3. The van der Waals surface area contributed by atoms with Crippen LogP contribution in [0.25, 0.3) is 0 Å². The molecule has 3 N–H and O–H groups in total. The highest BCUT2D eigenvalue weighted by Gasteiger charge is 2.50. The highest BCUT2D eigenvalue weighted by Crippen LogP contribution is 2.26. The van der Waals surface area contributed by atoms with E-state index in [0.29, 0.717) is 19.3 Å². The van der Waals surface area contributed by atoms with Crippen molar-refractivity contribution in [3.63, 3.8) is 0 Å². The molecule has 1 aliphatic rings. The number of rotatable bonds is 50. The van der Waals surface area contributed by atoms with E-state index >= 15 is 0 Å². The Balaban J connectivity index is 2.64. The number of ether oxygens (including phenoxy) is 5. The van der Waals surface area contributed by atoms with E-state index in [1.807, 2.05) is 0 Å². The molecule has 0 aliphatic carbocycles. The first-order valence-electron chi connectivity index (χ1n) is 29.3. The number of aliphatic carboxylic acids is 1. The van der Waals surface area contributed by atoms with Gasteiger partial charge in [0.05, 0.1) is 6.61 Å². The van der Waals surface area contributed by atoms with Crippen LogP contribution in [0.5, 0.6) is 0 Å². The predicted octanol–water partition coefficient (Wildman–Crippen LogP) is 14.7. The zero-order valence-electron chi connectivity index (χ0n) is 45.5. The maximum Gasteiger partial charge on any atom is 0.335 e. The van der Waals surface area contributed by atoms with Crippen LogP contribution in [0.1, 0.15) is 278 Å². The van der Waals surface area contributed by atoms with Crippen LogP contribution in [0, 0.1) is 0 Å². The van der Waals surface area contributed by atoms with Crippen LogP contribution in [0.4, 0.5) is 0 Å². The molecule has 0 aromatic heterocycles. The van der Waals surface area contributed by atoms with Gasteiger partial charge in [0, 0.05) is 19.3 Å². The van der Waals surface area contributed by atoms with Crippen molar-refractivity contribution in [3.05, 3.63) is 24.3 Å². The lowest BCUT2D eigenvalue weighted by Crippen LogP contribution is -2.61. The molecule has 0 saturated carbocycles. The highest BCUT2D eigenvalue weighted by molar-refractivity contribution is 5.74. The van der Waals surface area contributed by atoms with E-state index in [-0.39, 0.29) is 25.9 Å². The van der Waals surface area contributed by atoms with Crippen molar-refractivity contribution in [3.8, 4) is 0 Å². The van der Waals surface area contributed by atoms with E-state index in [9.17, 15) is 34.5 Å². The Hall–Kier alpha value is -2.80. The molecular formula is C59H106O12. The van der Waals surface area contributed by atoms with E-state index in [2.05, 4.69) is 45.1 Å². The summed E-state index contributed by atoms with van der Waals surface area (Å²) in [6.07, 6.45) is 41.6. The number of carbonyl (C=O) groups excluding carboxylic acids is 3. The summed E-state index contributed by atoms with van der Waals surface area (Å²) in [5, 5.41) is 31.4. The van der Waals surface area contributed by atoms with Crippen molar-refractivity contribution in [2.75, 3.05) is 13.2 Å². The molecule has 1 rings (SSSR count). The molecule has 12 nitrogen and oxygen atoms in total. The SMILES string of the molecule is CCCC/C=C\CCCCCCCC(=O)OCC(COC1OC(C(=O)O)C(O)C(O)C1OC(=O)CCCCCCCCCCC/C=C\CCCCCCCC)OC(=O)CCCCCCCCCCCCC. The van der Waals surface area contributed by atoms with Gasteiger partial charge in [0.1, 0.15) is 18.8 Å². The van der Waals surface area contributed by atoms with Crippen LogP contribution in [0.3, 0.4) is 0 Å². The van der Waals surface area contributed by atoms with Gasteiger partial charge in [-0.05, 0) is 64.2 Å². The Morgan fingerprint density at radius 1 is 0.451 bits per heavy atom. The van der Waals surface area contributed by atoms with Crippen molar-refractivity contribution >= 4 is 23.9 Å². The third-order valence-corrected chi connectivity index (χ3v) is 13.5. The molecule has 0 aromatic carbocycles. The van der Waals surface area contributed by atoms with Gasteiger partial charge in [0.2, 0.25) is 0 Å². The predicted molar refractivity (Wildman–Crippen MR) is 285 cm³/mol. The molecule has 0 radical (unpaired) electrons. The molecule has 12 heteroatoms. The molecule has 0 aromatic rings. The van der Waals surface area contributed by atoms with Crippen LogP contribution in [0.15, 0.2) is 24.3 Å². The highest BCUT2D eigenvalue weighted by atomic mass is 16.7. The number of unbranched alkanes of at least 4 members (excludes halogenated alkanes) is 32. The number of hydrogen-bond donors (Lipinski definition) is 3. The minimum Gasteiger partial charge on any atom is -0.479 e. The lowest BCUT2D eigenvalue weighted by Gasteiger charge is -2.40. The number of aliphatic hydroxyl groups excluding tert-OH is 2. The maximum atomic E-state index is 13.1. The molecule has 6 atom stereocenters. The molecule has 0 bridgehead atoms. The minimum absolute atomic E-state index is 0.0620. The number of esters is 3. The average Bonchev–Trinajstić information content (AvgIpc) is 3.35. The van der Waals surface area contributed by atoms with Gasteiger partial charge in [0.25, 0.3) is 0 Å². The molecular weight excluding hydrogens is 901 g/mol. The number of carboxylic acids is 1. The molecule has 0 amide bonds. The maximum absolute atomic E-state index is 13.1. The third-order valence-electron chi connectivity index (χ3n) is 13.5. The molecule has 1 heterocycles. The second kappa shape index (κ2) is 48.2. The topological polar surface area (TPSA) is 175 Å². The summed E-state index contributed by atoms with van der Waals surface area (Å²) >= 11 is 0. The summed E-state index contributed by atoms with van der Waals surface area (Å²) in [7, 11) is 0. The summed E-state index contributed by atoms with van der Waals surface area (Å²) in [5.74, 6) is -3.11. The Morgan fingerprint density at radius 2 is 0.817 bits per heavy atom. The van der Waals surface area contributed by atoms with Crippen LogP contribution >= 0.6 is 0 Å². The number of carbonyl (C=O) groups is 4. The van der Waals surface area contributed by atoms with Crippen molar-refractivity contribution < 1.29 is 58.2 Å². The van der Waals surface area contributed by atoms with Gasteiger partial charge < -0.3 is 39.0 Å². The molecule has 0 spiro atoms. The van der Waals surface area contributed by atoms with Crippen LogP contribution in [0.2, 0.25) is 0 Å². The summed E-state index contributed by atoms with van der Waals surface area (Å²) in [4.78, 5) is 51.0. The Morgan fingerprint density at radius 3 is 1.24 bits per heavy atom. The zero-order valence-corrected chi connectivity index (χ0v) is 45.5. The summed E-state index contributed by atoms with van der Waals surface area (Å²) in [6, 6.07) is 0. The van der Waals surface area contributed by atoms with Gasteiger partial charge in [-0.1, -0.05) is 218 Å². The van der Waals surface area contributed by atoms with E-state index in [1.165, 1.54) is 128 Å². The standard InChI is InChI=1S/C59H106O12/c1-4-7-10-13-16-19-22-23-24-25-26-27-28-29-32-35-38-41-44-47-53(62)70-57-55(64)54(63)56(58(65)66)71-59(57)68-49-50(69-52(61)46-43-40-37-34-31-21-18-15-12-9-6-3)48-67-51(60)45-42-39-36-33-30-20-17-14-11-8-5-2/h14,17,23-24,50,54-57,59,63-64H,4-13,15-16,18-22,25-49H2,1-3H3,(H,65,66)/b17-14-,24-23-. The van der Waals surface area contributed by atoms with Crippen LogP contribution in [-0.2, 0) is 42.9 Å². The van der Waals surface area contributed by atoms with Crippen LogP contribution in [-0.4, -0.2) is 89.2 Å². The number of hydrogen-bond acceptors (Lipinski definition) is 11. The first-order valence-corrected chi connectivity index (χ1v) is 29.3. The number of aliphatic hydroxyl groups is 2. The number of carboxylic acid groups (broad SMARTS) is 1. The average molecular weight is 1010 g/mol. The fourth-order valence-corrected chi connectivity index (χ4v) is 8.93. The fourth-order valence-electron chi connectivity index (χ4n) is 8.93. The van der Waals surface area contributed by atoms with E-state index < -0.39 is 67.3 Å². The quantitative estimate of drug-likeness (QED) is 0.0228. The van der Waals surface area contributed by atoms with Crippen molar-refractivity contribution in [2.24, 2.45) is 0 Å². The van der Waals surface area contributed by atoms with Gasteiger partial charge >= 0.3 is 23.9 Å². The monoisotopic (exact) mass is 1010 g/mol. The molecule has 71 heavy (non-hydrogen) atoms. The van der Waals surface area contributed by atoms with Gasteiger partial charge in [0.15, 0.2) is 24.6 Å². The second-order valence-electron chi connectivity index (χ2n) is 20.3. The lowest BCUT2D eigenvalue weighted by atomic mass is 9.98. The summed E-state index contributed by atoms with van der Waals surface area (Å²) in [6.45, 7) is 5.95. The third kappa shape index (κ3) is 38.4. The molecule has 1 fully saturated rings. The number of allylic oxidation sites excluding steroid dienone is 4. The van der Waals surface area contributed by atoms with Crippen molar-refractivity contribution in [2.45, 2.75) is 314 Å². The van der Waals surface area contributed by atoms with E-state index in [1.54, 1.807) is 0 Å². The minimum atomic E-state index is -1.90. The summed E-state index contributed by atoms with van der Waals surface area (Å²) < 4.78 is 28.4. The Labute approximate surface area is 432 Å². The zero-order chi connectivity index (χ0) is 51.8. The Kier molecular flexibility index (Phi) is 44.9. The van der Waals surface area contributed by atoms with Gasteiger partial charge in [-0.15, -0.1) is 0 Å². The largest absolute Gasteiger partial charge is 0.479 e. The molecule has 414 valence electrons. The van der Waals surface area contributed by atoms with E-state index in [4.69, 9.17) is 23.7 Å². The van der Waals surface area contributed by atoms with Gasteiger partial charge in [-0.25, -0.2) is 4.79 Å². The normalized spacial score (nSPS) is 18.6. The van der Waals surface area contributed by atoms with Crippen molar-refractivity contribution in [1.29, 1.82) is 0 Å². The van der Waals surface area contributed by atoms with E-state index in [0.717, 1.165) is 89.9 Å².